The fourth-order valence-corrected chi connectivity index (χ4v) is 1.74. The largest absolute Gasteiger partial charge is 0.334 e. The van der Waals surface area contributed by atoms with Gasteiger partial charge in [-0.2, -0.15) is 0 Å². The maximum Gasteiger partial charge on any atom is 0.128 e. The smallest absolute Gasteiger partial charge is 0.128 e. The van der Waals surface area contributed by atoms with E-state index in [0.717, 1.165) is 31.3 Å². The van der Waals surface area contributed by atoms with Crippen LogP contribution in [0.5, 0.6) is 0 Å². The molecule has 0 saturated carbocycles. The van der Waals surface area contributed by atoms with Crippen molar-refractivity contribution in [2.75, 3.05) is 7.05 Å². The summed E-state index contributed by atoms with van der Waals surface area (Å²) in [4.78, 5) is 8.66. The van der Waals surface area contributed by atoms with Gasteiger partial charge in [-0.25, -0.2) is 9.97 Å². The van der Waals surface area contributed by atoms with Crippen LogP contribution in [0, 0.1) is 0 Å². The van der Waals surface area contributed by atoms with Crippen LogP contribution in [0.1, 0.15) is 18.6 Å². The number of hydrogen-bond donors (Lipinski definition) is 1. The Morgan fingerprint density at radius 2 is 1.81 bits per heavy atom. The number of aromatic nitrogens is 4. The lowest BCUT2D eigenvalue weighted by Gasteiger charge is -2.08. The number of nitrogens with zero attached hydrogens (tertiary/aromatic N) is 4. The molecule has 2 heterocycles. The van der Waals surface area contributed by atoms with Crippen molar-refractivity contribution in [3.63, 3.8) is 0 Å². The lowest BCUT2D eigenvalue weighted by atomic mass is 10.5. The second kappa shape index (κ2) is 4.94. The van der Waals surface area contributed by atoms with E-state index in [1.807, 2.05) is 31.8 Å². The first-order valence-corrected chi connectivity index (χ1v) is 5.49. The molecule has 2 aromatic heterocycles. The van der Waals surface area contributed by atoms with Gasteiger partial charge in [0.2, 0.25) is 0 Å². The molecule has 0 atom stereocenters. The minimum absolute atomic E-state index is 0.776. The average molecular weight is 219 g/mol. The van der Waals surface area contributed by atoms with E-state index in [4.69, 9.17) is 0 Å². The molecule has 0 unspecified atom stereocenters. The Morgan fingerprint density at radius 3 is 2.50 bits per heavy atom. The van der Waals surface area contributed by atoms with Crippen molar-refractivity contribution < 1.29 is 0 Å². The quantitative estimate of drug-likeness (QED) is 0.811. The number of aryl methyl sites for hydroxylation is 1. The molecule has 0 amide bonds. The van der Waals surface area contributed by atoms with E-state index in [0.29, 0.717) is 0 Å². The van der Waals surface area contributed by atoms with Gasteiger partial charge >= 0.3 is 0 Å². The topological polar surface area (TPSA) is 47.7 Å². The monoisotopic (exact) mass is 219 g/mol. The molecule has 0 saturated heterocycles. The van der Waals surface area contributed by atoms with Gasteiger partial charge in [0.1, 0.15) is 11.6 Å². The van der Waals surface area contributed by atoms with Crippen LogP contribution in [0.15, 0.2) is 24.8 Å². The van der Waals surface area contributed by atoms with Crippen molar-refractivity contribution in [3.8, 4) is 0 Å². The van der Waals surface area contributed by atoms with Crippen LogP contribution in [-0.4, -0.2) is 26.1 Å². The molecule has 5 nitrogen and oxygen atoms in total. The molecule has 0 aliphatic heterocycles. The Morgan fingerprint density at radius 1 is 1.12 bits per heavy atom. The third-order valence-corrected chi connectivity index (χ3v) is 2.59. The zero-order valence-corrected chi connectivity index (χ0v) is 9.72. The molecule has 0 spiro atoms. The van der Waals surface area contributed by atoms with Gasteiger partial charge in [0.25, 0.3) is 0 Å². The summed E-state index contributed by atoms with van der Waals surface area (Å²) in [7, 11) is 1.92. The van der Waals surface area contributed by atoms with Crippen LogP contribution >= 0.6 is 0 Å². The van der Waals surface area contributed by atoms with Crippen molar-refractivity contribution in [1.82, 2.24) is 24.4 Å². The predicted octanol–water partition coefficient (Wildman–Crippen LogP) is 0.867. The van der Waals surface area contributed by atoms with E-state index in [1.54, 1.807) is 0 Å². The highest BCUT2D eigenvalue weighted by Crippen LogP contribution is 2.04. The third-order valence-electron chi connectivity index (χ3n) is 2.59. The fourth-order valence-electron chi connectivity index (χ4n) is 1.74. The third kappa shape index (κ3) is 2.14. The molecule has 86 valence electrons. The highest BCUT2D eigenvalue weighted by molar-refractivity contribution is 4.99. The summed E-state index contributed by atoms with van der Waals surface area (Å²) in [5.41, 5.74) is 0. The summed E-state index contributed by atoms with van der Waals surface area (Å²) >= 11 is 0. The van der Waals surface area contributed by atoms with Crippen molar-refractivity contribution in [3.05, 3.63) is 36.4 Å². The van der Waals surface area contributed by atoms with Gasteiger partial charge in [-0.05, 0) is 14.0 Å². The summed E-state index contributed by atoms with van der Waals surface area (Å²) < 4.78 is 4.26. The first-order valence-electron chi connectivity index (χ1n) is 5.49. The number of imidazole rings is 2. The van der Waals surface area contributed by atoms with Crippen LogP contribution < -0.4 is 5.32 Å². The first kappa shape index (κ1) is 10.9. The first-order chi connectivity index (χ1) is 7.85. The van der Waals surface area contributed by atoms with Crippen LogP contribution in [0.3, 0.4) is 0 Å². The van der Waals surface area contributed by atoms with E-state index >= 15 is 0 Å². The normalized spacial score (nSPS) is 10.9. The Hall–Kier alpha value is -1.62. The molecule has 2 rings (SSSR count). The number of nitrogens with one attached hydrogen (secondary N) is 1. The predicted molar refractivity (Wildman–Crippen MR) is 62.0 cm³/mol. The Bertz CT molecular complexity index is 443. The minimum Gasteiger partial charge on any atom is -0.334 e. The average Bonchev–Trinajstić information content (AvgIpc) is 2.89. The van der Waals surface area contributed by atoms with Gasteiger partial charge in [-0.1, -0.05) is 0 Å². The minimum atomic E-state index is 0.776. The maximum atomic E-state index is 4.36. The number of rotatable bonds is 5. The zero-order valence-electron chi connectivity index (χ0n) is 9.72. The molecular formula is C11H17N5. The van der Waals surface area contributed by atoms with E-state index in [-0.39, 0.29) is 0 Å². The van der Waals surface area contributed by atoms with Gasteiger partial charge < -0.3 is 14.5 Å². The molecule has 0 bridgehead atoms. The summed E-state index contributed by atoms with van der Waals surface area (Å²) in [6.45, 7) is 4.62. The van der Waals surface area contributed by atoms with Gasteiger partial charge in [0, 0.05) is 31.3 Å². The highest BCUT2D eigenvalue weighted by atomic mass is 15.1. The van der Waals surface area contributed by atoms with Gasteiger partial charge in [0.15, 0.2) is 0 Å². The van der Waals surface area contributed by atoms with E-state index in [2.05, 4.69) is 31.3 Å². The molecule has 0 radical (unpaired) electrons. The second-order valence-corrected chi connectivity index (χ2v) is 3.63. The molecular weight excluding hydrogens is 202 g/mol. The number of hydrogen-bond acceptors (Lipinski definition) is 3. The van der Waals surface area contributed by atoms with Gasteiger partial charge in [0.05, 0.1) is 13.1 Å². The molecule has 1 N–H and O–H groups in total. The van der Waals surface area contributed by atoms with Crippen molar-refractivity contribution in [1.29, 1.82) is 0 Å². The zero-order chi connectivity index (χ0) is 11.4. The lowest BCUT2D eigenvalue weighted by molar-refractivity contribution is 0.615. The maximum absolute atomic E-state index is 4.36. The van der Waals surface area contributed by atoms with E-state index < -0.39 is 0 Å². The van der Waals surface area contributed by atoms with Gasteiger partial charge in [-0.15, -0.1) is 0 Å². The molecule has 0 aromatic carbocycles. The summed E-state index contributed by atoms with van der Waals surface area (Å²) in [6, 6.07) is 0. The summed E-state index contributed by atoms with van der Waals surface area (Å²) in [6.07, 6.45) is 7.66. The second-order valence-electron chi connectivity index (χ2n) is 3.63. The van der Waals surface area contributed by atoms with E-state index in [1.165, 1.54) is 0 Å². The molecule has 0 aliphatic rings. The SMILES string of the molecule is CCn1ccnc1Cn1ccnc1CNC. The van der Waals surface area contributed by atoms with Crippen molar-refractivity contribution >= 4 is 0 Å². The van der Waals surface area contributed by atoms with Crippen molar-refractivity contribution in [2.45, 2.75) is 26.6 Å². The molecule has 0 fully saturated rings. The van der Waals surface area contributed by atoms with Crippen LogP contribution in [0.2, 0.25) is 0 Å². The highest BCUT2D eigenvalue weighted by Gasteiger charge is 2.06. The Kier molecular flexibility index (Phi) is 3.36. The van der Waals surface area contributed by atoms with Crippen LogP contribution in [0.25, 0.3) is 0 Å². The standard InChI is InChI=1S/C11H17N5/c1-3-15-6-4-14-11(15)9-16-7-5-13-10(16)8-12-2/h4-7,12H,3,8-9H2,1-2H3. The molecule has 2 aromatic rings. The lowest BCUT2D eigenvalue weighted by Crippen LogP contribution is -2.14. The van der Waals surface area contributed by atoms with Gasteiger partial charge in [-0.3, -0.25) is 0 Å². The summed E-state index contributed by atoms with van der Waals surface area (Å²) in [5, 5.41) is 3.11. The van der Waals surface area contributed by atoms with E-state index in [9.17, 15) is 0 Å². The Balaban J connectivity index is 2.17. The van der Waals surface area contributed by atoms with Crippen LogP contribution in [-0.2, 0) is 19.6 Å². The van der Waals surface area contributed by atoms with Crippen LogP contribution in [0.4, 0.5) is 0 Å². The molecule has 5 heteroatoms. The molecule has 0 aliphatic carbocycles. The summed E-state index contributed by atoms with van der Waals surface area (Å²) in [5.74, 6) is 2.10. The molecule has 16 heavy (non-hydrogen) atoms. The fraction of sp³-hybridized carbons (Fsp3) is 0.455. The van der Waals surface area contributed by atoms with Crippen molar-refractivity contribution in [2.24, 2.45) is 0 Å². The Labute approximate surface area is 95.1 Å².